The Kier molecular flexibility index (Phi) is 3.54. The highest BCUT2D eigenvalue weighted by Gasteiger charge is 1.94. The van der Waals surface area contributed by atoms with E-state index < -0.39 is 0 Å². The quantitative estimate of drug-likeness (QED) is 0.666. The first-order valence-electron chi connectivity index (χ1n) is 4.17. The van der Waals surface area contributed by atoms with Crippen molar-refractivity contribution in [3.8, 4) is 0 Å². The molecule has 66 valence electrons. The van der Waals surface area contributed by atoms with Crippen molar-refractivity contribution in [2.75, 3.05) is 6.54 Å². The predicted octanol–water partition coefficient (Wildman–Crippen LogP) is 1.18. The summed E-state index contributed by atoms with van der Waals surface area (Å²) in [6.45, 7) is 5.52. The van der Waals surface area contributed by atoms with Crippen molar-refractivity contribution in [3.63, 3.8) is 0 Å². The fraction of sp³-hybridized carbons (Fsp3) is 0.444. The Morgan fingerprint density at radius 3 is 2.92 bits per heavy atom. The van der Waals surface area contributed by atoms with E-state index in [1.54, 1.807) is 6.20 Å². The van der Waals surface area contributed by atoms with E-state index in [0.717, 1.165) is 19.4 Å². The van der Waals surface area contributed by atoms with Crippen molar-refractivity contribution >= 4 is 0 Å². The minimum Gasteiger partial charge on any atom is -0.330 e. The molecule has 3 nitrogen and oxygen atoms in total. The first-order chi connectivity index (χ1) is 5.83. The van der Waals surface area contributed by atoms with E-state index in [1.165, 1.54) is 5.57 Å². The molecule has 0 atom stereocenters. The minimum absolute atomic E-state index is 0.692. The highest BCUT2D eigenvalue weighted by Crippen LogP contribution is 2.03. The highest BCUT2D eigenvalue weighted by atomic mass is 15.3. The predicted molar refractivity (Wildman–Crippen MR) is 49.7 cm³/mol. The summed E-state index contributed by atoms with van der Waals surface area (Å²) in [5.74, 6) is 0. The summed E-state index contributed by atoms with van der Waals surface area (Å²) < 4.78 is 1.90. The van der Waals surface area contributed by atoms with Crippen molar-refractivity contribution in [2.24, 2.45) is 5.73 Å². The molecule has 0 saturated carbocycles. The molecule has 0 aliphatic carbocycles. The molecule has 0 saturated heterocycles. The molecule has 0 spiro atoms. The van der Waals surface area contributed by atoms with Crippen LogP contribution in [0.25, 0.3) is 0 Å². The molecule has 1 aromatic heterocycles. The van der Waals surface area contributed by atoms with Gasteiger partial charge in [-0.15, -0.1) is 0 Å². The fourth-order valence-corrected chi connectivity index (χ4v) is 1.03. The Labute approximate surface area is 72.9 Å². The molecule has 1 rings (SSSR count). The lowest BCUT2D eigenvalue weighted by atomic mass is 10.1. The average Bonchev–Trinajstić information content (AvgIpc) is 2.53. The van der Waals surface area contributed by atoms with Gasteiger partial charge in [0.25, 0.3) is 0 Å². The summed E-state index contributed by atoms with van der Waals surface area (Å²) in [6.07, 6.45) is 5.63. The van der Waals surface area contributed by atoms with Crippen LogP contribution in [0, 0.1) is 0 Å². The molecule has 0 aliphatic rings. The Morgan fingerprint density at radius 2 is 2.33 bits per heavy atom. The second kappa shape index (κ2) is 4.72. The average molecular weight is 165 g/mol. The van der Waals surface area contributed by atoms with Gasteiger partial charge < -0.3 is 5.73 Å². The second-order valence-electron chi connectivity index (χ2n) is 2.81. The van der Waals surface area contributed by atoms with Gasteiger partial charge in [-0.3, -0.25) is 4.68 Å². The molecule has 0 aromatic carbocycles. The molecule has 12 heavy (non-hydrogen) atoms. The van der Waals surface area contributed by atoms with Gasteiger partial charge in [-0.25, -0.2) is 0 Å². The number of rotatable bonds is 5. The molecular weight excluding hydrogens is 150 g/mol. The summed E-state index contributed by atoms with van der Waals surface area (Å²) in [4.78, 5) is 0. The zero-order chi connectivity index (χ0) is 8.81. The minimum atomic E-state index is 0.692. The van der Waals surface area contributed by atoms with Gasteiger partial charge in [0, 0.05) is 18.9 Å². The molecule has 0 amide bonds. The monoisotopic (exact) mass is 165 g/mol. The summed E-state index contributed by atoms with van der Waals surface area (Å²) in [5, 5.41) is 4.09. The van der Waals surface area contributed by atoms with Crippen LogP contribution >= 0.6 is 0 Å². The van der Waals surface area contributed by atoms with Crippen LogP contribution in [0.3, 0.4) is 0 Å². The van der Waals surface area contributed by atoms with Crippen molar-refractivity contribution in [3.05, 3.63) is 30.6 Å². The molecule has 1 aromatic rings. The van der Waals surface area contributed by atoms with Crippen LogP contribution in [0.2, 0.25) is 0 Å². The summed E-state index contributed by atoms with van der Waals surface area (Å²) in [5.41, 5.74) is 6.60. The normalized spacial score (nSPS) is 10.1. The molecule has 0 fully saturated rings. The van der Waals surface area contributed by atoms with Crippen molar-refractivity contribution in [1.82, 2.24) is 9.78 Å². The van der Waals surface area contributed by atoms with Crippen molar-refractivity contribution in [1.29, 1.82) is 0 Å². The van der Waals surface area contributed by atoms with E-state index in [-0.39, 0.29) is 0 Å². The first kappa shape index (κ1) is 9.00. The lowest BCUT2D eigenvalue weighted by Crippen LogP contribution is -2.03. The molecule has 1 heterocycles. The van der Waals surface area contributed by atoms with Crippen LogP contribution < -0.4 is 5.73 Å². The Morgan fingerprint density at radius 1 is 1.50 bits per heavy atom. The van der Waals surface area contributed by atoms with Gasteiger partial charge >= 0.3 is 0 Å². The zero-order valence-electron chi connectivity index (χ0n) is 7.24. The van der Waals surface area contributed by atoms with Crippen LogP contribution in [-0.4, -0.2) is 16.3 Å². The van der Waals surface area contributed by atoms with Gasteiger partial charge in [-0.05, 0) is 25.5 Å². The van der Waals surface area contributed by atoms with Gasteiger partial charge in [0.05, 0.1) is 0 Å². The van der Waals surface area contributed by atoms with Crippen LogP contribution in [0.1, 0.15) is 12.8 Å². The standard InChI is InChI=1S/C9H15N3/c1-9(3-5-10)4-8-12-7-2-6-11-12/h2,6-7H,1,3-5,8,10H2. The highest BCUT2D eigenvalue weighted by molar-refractivity contribution is 4.94. The van der Waals surface area contributed by atoms with Gasteiger partial charge in [-0.2, -0.15) is 5.10 Å². The van der Waals surface area contributed by atoms with E-state index in [9.17, 15) is 0 Å². The third kappa shape index (κ3) is 2.88. The summed E-state index contributed by atoms with van der Waals surface area (Å²) in [6, 6.07) is 1.92. The molecule has 0 aliphatic heterocycles. The van der Waals surface area contributed by atoms with Gasteiger partial charge in [0.15, 0.2) is 0 Å². The maximum Gasteiger partial charge on any atom is 0.0489 e. The second-order valence-corrected chi connectivity index (χ2v) is 2.81. The SMILES string of the molecule is C=C(CCN)CCn1cccn1. The largest absolute Gasteiger partial charge is 0.330 e. The summed E-state index contributed by atoms with van der Waals surface area (Å²) >= 11 is 0. The van der Waals surface area contributed by atoms with Gasteiger partial charge in [0.2, 0.25) is 0 Å². The lowest BCUT2D eigenvalue weighted by Gasteiger charge is -2.03. The Bertz CT molecular complexity index is 226. The van der Waals surface area contributed by atoms with Crippen LogP contribution in [-0.2, 0) is 6.54 Å². The number of hydrogen-bond acceptors (Lipinski definition) is 2. The third-order valence-electron chi connectivity index (χ3n) is 1.75. The first-order valence-corrected chi connectivity index (χ1v) is 4.17. The third-order valence-corrected chi connectivity index (χ3v) is 1.75. The molecule has 0 bridgehead atoms. The lowest BCUT2D eigenvalue weighted by molar-refractivity contribution is 0.604. The van der Waals surface area contributed by atoms with E-state index in [2.05, 4.69) is 11.7 Å². The smallest absolute Gasteiger partial charge is 0.0489 e. The van der Waals surface area contributed by atoms with Crippen LogP contribution in [0.5, 0.6) is 0 Å². The number of aromatic nitrogens is 2. The van der Waals surface area contributed by atoms with E-state index in [0.29, 0.717) is 6.54 Å². The maximum absolute atomic E-state index is 5.40. The van der Waals surface area contributed by atoms with Crippen LogP contribution in [0.15, 0.2) is 30.6 Å². The fourth-order valence-electron chi connectivity index (χ4n) is 1.03. The number of nitrogens with two attached hydrogens (primary N) is 1. The maximum atomic E-state index is 5.40. The molecule has 3 heteroatoms. The molecule has 0 radical (unpaired) electrons. The molecule has 2 N–H and O–H groups in total. The topological polar surface area (TPSA) is 43.8 Å². The Hall–Kier alpha value is -1.09. The van der Waals surface area contributed by atoms with E-state index in [1.807, 2.05) is 16.9 Å². The Balaban J connectivity index is 2.22. The van der Waals surface area contributed by atoms with Crippen LogP contribution in [0.4, 0.5) is 0 Å². The number of aryl methyl sites for hydroxylation is 1. The van der Waals surface area contributed by atoms with E-state index in [4.69, 9.17) is 5.73 Å². The number of hydrogen-bond donors (Lipinski definition) is 1. The van der Waals surface area contributed by atoms with E-state index >= 15 is 0 Å². The zero-order valence-corrected chi connectivity index (χ0v) is 7.24. The molecule has 0 unspecified atom stereocenters. The molecular formula is C9H15N3. The van der Waals surface area contributed by atoms with Gasteiger partial charge in [0.1, 0.15) is 0 Å². The van der Waals surface area contributed by atoms with Crippen molar-refractivity contribution < 1.29 is 0 Å². The van der Waals surface area contributed by atoms with Crippen molar-refractivity contribution in [2.45, 2.75) is 19.4 Å². The summed E-state index contributed by atoms with van der Waals surface area (Å²) in [7, 11) is 0. The van der Waals surface area contributed by atoms with Gasteiger partial charge in [-0.1, -0.05) is 12.2 Å². The number of nitrogens with zero attached hydrogens (tertiary/aromatic N) is 2.